The molecule has 7 rings (SSSR count). The lowest BCUT2D eigenvalue weighted by atomic mass is 9.78. The molecule has 3 fully saturated rings. The van der Waals surface area contributed by atoms with E-state index < -0.39 is 47.1 Å². The third-order valence-electron chi connectivity index (χ3n) is 10.2. The van der Waals surface area contributed by atoms with Gasteiger partial charge in [0.05, 0.1) is 0 Å². The number of β-amino-alcohol motifs (C(OH)–C–C–N with tert-alkyl or cyclic N) is 1. The smallest absolute Gasteiger partial charge is 0.281 e. The van der Waals surface area contributed by atoms with Gasteiger partial charge in [0, 0.05) is 42.1 Å². The second-order valence-electron chi connectivity index (χ2n) is 13.8. The molecule has 4 N–H and O–H groups in total. The van der Waals surface area contributed by atoms with Crippen molar-refractivity contribution < 1.29 is 29.3 Å². The molecule has 5 heterocycles. The van der Waals surface area contributed by atoms with Crippen molar-refractivity contribution in [3.05, 3.63) is 41.6 Å². The summed E-state index contributed by atoms with van der Waals surface area (Å²) in [7, 11) is 1.88. The summed E-state index contributed by atoms with van der Waals surface area (Å²) < 4.78 is 6.37. The van der Waals surface area contributed by atoms with Gasteiger partial charge in [-0.3, -0.25) is 28.9 Å². The number of carbonyl (C=O) groups is 3. The Morgan fingerprint density at radius 2 is 1.98 bits per heavy atom. The van der Waals surface area contributed by atoms with Crippen LogP contribution in [-0.2, 0) is 25.5 Å². The predicted molar refractivity (Wildman–Crippen MR) is 158 cm³/mol. The van der Waals surface area contributed by atoms with E-state index in [1.807, 2.05) is 50.2 Å². The number of fused-ring (bicyclic) bond motifs is 5. The Morgan fingerprint density at radius 1 is 1.21 bits per heavy atom. The van der Waals surface area contributed by atoms with E-state index in [0.717, 1.165) is 28.5 Å². The molecule has 230 valence electrons. The molecule has 4 aliphatic heterocycles. The first-order valence-electron chi connectivity index (χ1n) is 15.4. The van der Waals surface area contributed by atoms with Gasteiger partial charge in [0.2, 0.25) is 11.6 Å². The van der Waals surface area contributed by atoms with Crippen molar-refractivity contribution in [2.24, 2.45) is 11.8 Å². The average Bonchev–Trinajstić information content (AvgIpc) is 3.65. The maximum absolute atomic E-state index is 14.4. The Balaban J connectivity index is 1.27. The fraction of sp³-hybridized carbons (Fsp3) is 0.594. The SMILES string of the molecule is CC(C)C[C@H]1C(=O)N2CCC[C@H]2[C@]2(O)O[C@](NC(=O)[C@]3(O)C=C4c5cccc6[nH]cc(c56)C[C@H]4N(C)C3)(C(C)C)C(=O)N12. The number of H-pyrrole nitrogens is 1. The lowest BCUT2D eigenvalue weighted by Gasteiger charge is -2.49. The molecule has 2 aromatic rings. The molecular formula is C32H41N5O6. The average molecular weight is 592 g/mol. The number of aliphatic hydroxyl groups is 2. The number of amides is 3. The summed E-state index contributed by atoms with van der Waals surface area (Å²) in [6.07, 6.45) is 5.87. The van der Waals surface area contributed by atoms with Crippen molar-refractivity contribution in [3.8, 4) is 0 Å². The van der Waals surface area contributed by atoms with Crippen molar-refractivity contribution in [2.75, 3.05) is 20.1 Å². The topological polar surface area (TPSA) is 138 Å². The highest BCUT2D eigenvalue weighted by Gasteiger charge is 2.72. The molecular weight excluding hydrogens is 550 g/mol. The van der Waals surface area contributed by atoms with Crippen molar-refractivity contribution in [1.29, 1.82) is 0 Å². The summed E-state index contributed by atoms with van der Waals surface area (Å²) in [5.74, 6) is -4.33. The van der Waals surface area contributed by atoms with Gasteiger partial charge in [0.1, 0.15) is 12.1 Å². The van der Waals surface area contributed by atoms with Gasteiger partial charge in [-0.15, -0.1) is 0 Å². The van der Waals surface area contributed by atoms with E-state index >= 15 is 0 Å². The number of likely N-dealkylation sites (N-methyl/N-ethyl adjacent to an activating group) is 1. The van der Waals surface area contributed by atoms with Crippen molar-refractivity contribution >= 4 is 34.2 Å². The summed E-state index contributed by atoms with van der Waals surface area (Å²) in [5.41, 5.74) is 0.0197. The molecule has 0 unspecified atom stereocenters. The van der Waals surface area contributed by atoms with Gasteiger partial charge in [-0.1, -0.05) is 39.8 Å². The molecule has 1 aromatic carbocycles. The van der Waals surface area contributed by atoms with Crippen LogP contribution in [0.4, 0.5) is 0 Å². The van der Waals surface area contributed by atoms with Crippen molar-refractivity contribution in [3.63, 3.8) is 0 Å². The molecule has 11 heteroatoms. The highest BCUT2D eigenvalue weighted by molar-refractivity contribution is 6.02. The highest BCUT2D eigenvalue weighted by Crippen LogP contribution is 2.49. The lowest BCUT2D eigenvalue weighted by Crippen LogP contribution is -2.71. The molecule has 43 heavy (non-hydrogen) atoms. The number of nitrogens with one attached hydrogen (secondary N) is 2. The second kappa shape index (κ2) is 9.37. The maximum atomic E-state index is 14.4. The number of aromatic nitrogens is 1. The van der Waals surface area contributed by atoms with Crippen LogP contribution < -0.4 is 5.32 Å². The van der Waals surface area contributed by atoms with Crippen molar-refractivity contribution in [1.82, 2.24) is 25.0 Å². The predicted octanol–water partition coefficient (Wildman–Crippen LogP) is 1.55. The number of nitrogens with zero attached hydrogens (tertiary/aromatic N) is 3. The number of hydrogen-bond donors (Lipinski definition) is 4. The first kappa shape index (κ1) is 28.5. The number of aromatic amines is 1. The molecule has 0 radical (unpaired) electrons. The zero-order chi connectivity index (χ0) is 30.6. The quantitative estimate of drug-likeness (QED) is 0.414. The summed E-state index contributed by atoms with van der Waals surface area (Å²) >= 11 is 0. The van der Waals surface area contributed by atoms with Gasteiger partial charge < -0.3 is 25.4 Å². The molecule has 0 bridgehead atoms. The van der Waals surface area contributed by atoms with E-state index in [1.165, 1.54) is 10.5 Å². The van der Waals surface area contributed by atoms with Crippen molar-refractivity contribution in [2.45, 2.75) is 88.7 Å². The van der Waals surface area contributed by atoms with Crippen LogP contribution in [0.3, 0.4) is 0 Å². The fourth-order valence-corrected chi connectivity index (χ4v) is 8.14. The molecule has 0 spiro atoms. The summed E-state index contributed by atoms with van der Waals surface area (Å²) in [6, 6.07) is 4.26. The summed E-state index contributed by atoms with van der Waals surface area (Å²) in [4.78, 5) is 50.3. The first-order chi connectivity index (χ1) is 20.3. The molecule has 3 amide bonds. The van der Waals surface area contributed by atoms with Crippen LogP contribution in [-0.4, -0.2) is 103 Å². The van der Waals surface area contributed by atoms with Gasteiger partial charge in [0.25, 0.3) is 17.7 Å². The molecule has 3 saturated heterocycles. The standard InChI is InChI=1S/C32H41N5O6/c1-17(2)12-24-27(38)36-11-7-10-25(36)32(42)37(24)29(40)31(43-32,18(3)4)34-28(39)30(41)14-21-20-8-6-9-22-26(20)19(15-33-22)13-23(21)35(5)16-30/h6,8-9,14-15,17-18,23-25,33,41-42H,7,10-13,16H2,1-5H3,(H,34,39)/t23-,24+,25+,30+,31-,32+/m1/s1. The molecule has 1 aromatic heterocycles. The van der Waals surface area contributed by atoms with E-state index in [4.69, 9.17) is 4.74 Å². The summed E-state index contributed by atoms with van der Waals surface area (Å²) in [6.45, 7) is 7.85. The van der Waals surface area contributed by atoms with Gasteiger partial charge in [-0.05, 0) is 67.5 Å². The fourth-order valence-electron chi connectivity index (χ4n) is 8.14. The zero-order valence-electron chi connectivity index (χ0n) is 25.4. The van der Waals surface area contributed by atoms with Crippen LogP contribution in [0.25, 0.3) is 16.5 Å². The van der Waals surface area contributed by atoms with Crippen LogP contribution in [0.5, 0.6) is 0 Å². The molecule has 6 atom stereocenters. The Labute approximate surface area is 250 Å². The number of benzene rings is 1. The largest absolute Gasteiger partial charge is 0.375 e. The second-order valence-corrected chi connectivity index (χ2v) is 13.8. The zero-order valence-corrected chi connectivity index (χ0v) is 25.4. The van der Waals surface area contributed by atoms with Gasteiger partial charge in [0.15, 0.2) is 5.60 Å². The minimum atomic E-state index is -2.10. The lowest BCUT2D eigenvalue weighted by molar-refractivity contribution is -0.322. The normalized spacial score (nSPS) is 35.5. The Bertz CT molecular complexity index is 1570. The van der Waals surface area contributed by atoms with E-state index in [9.17, 15) is 24.6 Å². The Morgan fingerprint density at radius 3 is 2.70 bits per heavy atom. The van der Waals surface area contributed by atoms with Crippen LogP contribution in [0.1, 0.15) is 58.1 Å². The Hall–Kier alpha value is -3.25. The van der Waals surface area contributed by atoms with Crippen LogP contribution >= 0.6 is 0 Å². The molecule has 0 saturated carbocycles. The number of ether oxygens (including phenoxy) is 1. The molecule has 5 aliphatic rings. The van der Waals surface area contributed by atoms with Crippen LogP contribution in [0.2, 0.25) is 0 Å². The minimum absolute atomic E-state index is 0.00391. The minimum Gasteiger partial charge on any atom is -0.375 e. The highest BCUT2D eigenvalue weighted by atomic mass is 16.7. The van der Waals surface area contributed by atoms with Crippen LogP contribution in [0.15, 0.2) is 30.5 Å². The third kappa shape index (κ3) is 3.84. The van der Waals surface area contributed by atoms with Gasteiger partial charge in [-0.25, -0.2) is 0 Å². The van der Waals surface area contributed by atoms with Gasteiger partial charge in [-0.2, -0.15) is 0 Å². The molecule has 11 nitrogen and oxygen atoms in total. The first-order valence-corrected chi connectivity index (χ1v) is 15.4. The Kier molecular flexibility index (Phi) is 6.22. The van der Waals surface area contributed by atoms with E-state index in [1.54, 1.807) is 24.8 Å². The van der Waals surface area contributed by atoms with E-state index in [2.05, 4.69) is 10.3 Å². The number of carbonyl (C=O) groups excluding carboxylic acids is 3. The number of piperazine rings is 1. The van der Waals surface area contributed by atoms with E-state index in [-0.39, 0.29) is 24.4 Å². The number of rotatable bonds is 5. The summed E-state index contributed by atoms with van der Waals surface area (Å²) in [5, 5.41) is 28.0. The number of hydrogen-bond acceptors (Lipinski definition) is 7. The molecule has 1 aliphatic carbocycles. The van der Waals surface area contributed by atoms with Gasteiger partial charge >= 0.3 is 0 Å². The monoisotopic (exact) mass is 591 g/mol. The maximum Gasteiger partial charge on any atom is 0.281 e. The van der Waals surface area contributed by atoms with E-state index in [0.29, 0.717) is 25.8 Å². The van der Waals surface area contributed by atoms with Crippen LogP contribution in [0, 0.1) is 11.8 Å². The third-order valence-corrected chi connectivity index (χ3v) is 10.2.